The van der Waals surface area contributed by atoms with Crippen molar-refractivity contribution in [1.29, 1.82) is 0 Å². The SMILES string of the molecule is CCCCCCC(C)CCCCCCCCCOCC(COC1C(O)C(O)C(O)C1O)OC(=O)CCCCCCCCC(C)CCCC. The van der Waals surface area contributed by atoms with E-state index in [1.807, 2.05) is 0 Å². The molecule has 8 nitrogen and oxygen atoms in total. The molecule has 1 aliphatic carbocycles. The van der Waals surface area contributed by atoms with Gasteiger partial charge in [-0.15, -0.1) is 0 Å². The number of rotatable bonds is 33. The molecule has 0 radical (unpaired) electrons. The number of hydrogen-bond donors (Lipinski definition) is 4. The Balaban J connectivity index is 2.26. The molecule has 0 aliphatic heterocycles. The Kier molecular flexibility index (Phi) is 28.2. The monoisotopic (exact) mass is 687 g/mol. The Bertz CT molecular complexity index is 722. The Morgan fingerprint density at radius 2 is 0.979 bits per heavy atom. The molecule has 4 N–H and O–H groups in total. The molecule has 286 valence electrons. The molecule has 0 aromatic heterocycles. The maximum absolute atomic E-state index is 12.7. The number of aliphatic hydroxyl groups excluding tert-OH is 4. The van der Waals surface area contributed by atoms with Crippen molar-refractivity contribution in [2.45, 2.75) is 218 Å². The van der Waals surface area contributed by atoms with Crippen LogP contribution in [0.15, 0.2) is 0 Å². The van der Waals surface area contributed by atoms with Crippen molar-refractivity contribution >= 4 is 5.97 Å². The van der Waals surface area contributed by atoms with E-state index in [9.17, 15) is 25.2 Å². The van der Waals surface area contributed by atoms with E-state index in [-0.39, 0.29) is 19.2 Å². The predicted octanol–water partition coefficient (Wildman–Crippen LogP) is 8.43. The molecule has 0 saturated heterocycles. The van der Waals surface area contributed by atoms with Crippen LogP contribution in [-0.2, 0) is 19.0 Å². The van der Waals surface area contributed by atoms with Gasteiger partial charge in [-0.3, -0.25) is 4.79 Å². The van der Waals surface area contributed by atoms with Gasteiger partial charge in [0.25, 0.3) is 0 Å². The molecular weight excluding hydrogens is 608 g/mol. The van der Waals surface area contributed by atoms with Crippen molar-refractivity contribution in [2.24, 2.45) is 11.8 Å². The average Bonchev–Trinajstić information content (AvgIpc) is 3.25. The summed E-state index contributed by atoms with van der Waals surface area (Å²) >= 11 is 0. The Morgan fingerprint density at radius 1 is 0.542 bits per heavy atom. The van der Waals surface area contributed by atoms with E-state index in [1.54, 1.807) is 0 Å². The normalized spacial score (nSPS) is 23.0. The summed E-state index contributed by atoms with van der Waals surface area (Å²) in [5.41, 5.74) is 0. The number of esters is 1. The lowest BCUT2D eigenvalue weighted by Crippen LogP contribution is -2.39. The Hall–Kier alpha value is -0.770. The van der Waals surface area contributed by atoms with Crippen LogP contribution in [-0.4, -0.2) is 82.8 Å². The van der Waals surface area contributed by atoms with Gasteiger partial charge in [-0.1, -0.05) is 163 Å². The van der Waals surface area contributed by atoms with Crippen LogP contribution in [0.3, 0.4) is 0 Å². The summed E-state index contributed by atoms with van der Waals surface area (Å²) < 4.78 is 17.2. The van der Waals surface area contributed by atoms with Gasteiger partial charge in [-0.2, -0.15) is 0 Å². The molecule has 0 spiro atoms. The number of ether oxygens (including phenoxy) is 3. The van der Waals surface area contributed by atoms with Crippen LogP contribution in [0.2, 0.25) is 0 Å². The van der Waals surface area contributed by atoms with Crippen LogP contribution in [0.4, 0.5) is 0 Å². The van der Waals surface area contributed by atoms with E-state index < -0.39 is 36.6 Å². The van der Waals surface area contributed by atoms with Crippen molar-refractivity contribution in [2.75, 3.05) is 19.8 Å². The summed E-state index contributed by atoms with van der Waals surface area (Å²) in [6, 6.07) is 0. The van der Waals surface area contributed by atoms with Gasteiger partial charge in [0.1, 0.15) is 36.6 Å². The smallest absolute Gasteiger partial charge is 0.306 e. The maximum atomic E-state index is 12.7. The van der Waals surface area contributed by atoms with Gasteiger partial charge in [-0.05, 0) is 24.7 Å². The highest BCUT2D eigenvalue weighted by molar-refractivity contribution is 5.69. The van der Waals surface area contributed by atoms with E-state index in [4.69, 9.17) is 14.2 Å². The summed E-state index contributed by atoms with van der Waals surface area (Å²) in [4.78, 5) is 12.7. The van der Waals surface area contributed by atoms with Crippen molar-refractivity contribution in [3.05, 3.63) is 0 Å². The lowest BCUT2D eigenvalue weighted by atomic mass is 9.96. The van der Waals surface area contributed by atoms with E-state index >= 15 is 0 Å². The van der Waals surface area contributed by atoms with Crippen molar-refractivity contribution in [1.82, 2.24) is 0 Å². The number of carbonyl (C=O) groups excluding carboxylic acids is 1. The molecular formula is C40H78O8. The number of aliphatic hydroxyl groups is 4. The van der Waals surface area contributed by atoms with Crippen molar-refractivity contribution < 1.29 is 39.4 Å². The molecule has 0 aromatic rings. The first-order valence-corrected chi connectivity index (χ1v) is 20.3. The number of hydrogen-bond acceptors (Lipinski definition) is 8. The van der Waals surface area contributed by atoms with Crippen LogP contribution in [0.5, 0.6) is 0 Å². The fraction of sp³-hybridized carbons (Fsp3) is 0.975. The Labute approximate surface area is 295 Å². The van der Waals surface area contributed by atoms with Gasteiger partial charge in [-0.25, -0.2) is 0 Å². The van der Waals surface area contributed by atoms with E-state index in [2.05, 4.69) is 27.7 Å². The van der Waals surface area contributed by atoms with Gasteiger partial charge < -0.3 is 34.6 Å². The second-order valence-electron chi connectivity index (χ2n) is 15.1. The molecule has 7 unspecified atom stereocenters. The van der Waals surface area contributed by atoms with E-state index in [1.165, 1.54) is 116 Å². The molecule has 0 bridgehead atoms. The Morgan fingerprint density at radius 3 is 1.50 bits per heavy atom. The standard InChI is InChI=1S/C40H78O8/c1-5-7-9-19-25-33(4)27-21-15-11-10-14-18-23-29-46-30-34(31-47-40-38(44)36(42)37(43)39(40)45)48-35(41)28-22-17-13-12-16-20-26-32(3)24-8-6-2/h32-34,36-40,42-45H,5-31H2,1-4H3. The summed E-state index contributed by atoms with van der Waals surface area (Å²) in [5, 5.41) is 40.1. The van der Waals surface area contributed by atoms with Crippen LogP contribution >= 0.6 is 0 Å². The van der Waals surface area contributed by atoms with Gasteiger partial charge in [0.05, 0.1) is 13.2 Å². The summed E-state index contributed by atoms with van der Waals surface area (Å²) in [7, 11) is 0. The second-order valence-corrected chi connectivity index (χ2v) is 15.1. The second kappa shape index (κ2) is 29.9. The third-order valence-corrected chi connectivity index (χ3v) is 10.2. The zero-order chi connectivity index (χ0) is 35.4. The zero-order valence-electron chi connectivity index (χ0n) is 31.6. The fourth-order valence-electron chi connectivity index (χ4n) is 6.80. The third kappa shape index (κ3) is 22.1. The van der Waals surface area contributed by atoms with Gasteiger partial charge in [0.2, 0.25) is 0 Å². The predicted molar refractivity (Wildman–Crippen MR) is 195 cm³/mol. The van der Waals surface area contributed by atoms with Gasteiger partial charge in [0.15, 0.2) is 0 Å². The molecule has 1 aliphatic rings. The highest BCUT2D eigenvalue weighted by Gasteiger charge is 2.49. The lowest BCUT2D eigenvalue weighted by Gasteiger charge is -2.24. The van der Waals surface area contributed by atoms with Crippen molar-refractivity contribution in [3.8, 4) is 0 Å². The quantitative estimate of drug-likeness (QED) is 0.0401. The highest BCUT2D eigenvalue weighted by atomic mass is 16.6. The van der Waals surface area contributed by atoms with Crippen LogP contribution in [0, 0.1) is 11.8 Å². The molecule has 48 heavy (non-hydrogen) atoms. The maximum Gasteiger partial charge on any atom is 0.306 e. The molecule has 1 rings (SSSR count). The van der Waals surface area contributed by atoms with Gasteiger partial charge >= 0.3 is 5.97 Å². The fourth-order valence-corrected chi connectivity index (χ4v) is 6.80. The van der Waals surface area contributed by atoms with Gasteiger partial charge in [0, 0.05) is 13.0 Å². The largest absolute Gasteiger partial charge is 0.457 e. The first-order valence-electron chi connectivity index (χ1n) is 20.3. The molecule has 0 aromatic carbocycles. The molecule has 0 amide bonds. The zero-order valence-corrected chi connectivity index (χ0v) is 31.6. The van der Waals surface area contributed by atoms with Crippen LogP contribution in [0.25, 0.3) is 0 Å². The third-order valence-electron chi connectivity index (χ3n) is 10.2. The molecule has 1 fully saturated rings. The lowest BCUT2D eigenvalue weighted by molar-refractivity contribution is -0.163. The summed E-state index contributed by atoms with van der Waals surface area (Å²) in [5.74, 6) is 1.36. The van der Waals surface area contributed by atoms with E-state index in [0.717, 1.165) is 43.9 Å². The minimum atomic E-state index is -1.49. The van der Waals surface area contributed by atoms with Crippen LogP contribution < -0.4 is 0 Å². The summed E-state index contributed by atoms with van der Waals surface area (Å²) in [6.07, 6.45) is 21.1. The molecule has 0 heterocycles. The first kappa shape index (κ1) is 45.3. The van der Waals surface area contributed by atoms with Crippen LogP contribution in [0.1, 0.15) is 182 Å². The number of unbranched alkanes of at least 4 members (excludes halogenated alkanes) is 15. The first-order chi connectivity index (χ1) is 23.2. The topological polar surface area (TPSA) is 126 Å². The molecule has 1 saturated carbocycles. The molecule has 8 heteroatoms. The molecule has 7 atom stereocenters. The minimum absolute atomic E-state index is 0.0992. The number of carbonyl (C=O) groups is 1. The summed E-state index contributed by atoms with van der Waals surface area (Å²) in [6.45, 7) is 9.89. The highest BCUT2D eigenvalue weighted by Crippen LogP contribution is 2.25. The van der Waals surface area contributed by atoms with E-state index in [0.29, 0.717) is 13.0 Å². The average molecular weight is 687 g/mol. The minimum Gasteiger partial charge on any atom is -0.457 e. The van der Waals surface area contributed by atoms with Crippen molar-refractivity contribution in [3.63, 3.8) is 0 Å².